The lowest BCUT2D eigenvalue weighted by Gasteiger charge is -2.34. The van der Waals surface area contributed by atoms with Gasteiger partial charge >= 0.3 is 0 Å². The molecule has 4 aliphatic rings. The molecule has 4 nitrogen and oxygen atoms in total. The van der Waals surface area contributed by atoms with Crippen LogP contribution in [0.15, 0.2) is 0 Å². The highest BCUT2D eigenvalue weighted by molar-refractivity contribution is 5.82. The van der Waals surface area contributed by atoms with E-state index in [1.807, 2.05) is 4.90 Å². The average molecular weight is 304 g/mol. The number of fused-ring (bicyclic) bond motifs is 1. The Bertz CT molecular complexity index is 444. The molecule has 2 amide bonds. The number of hydrogen-bond donors (Lipinski definition) is 0. The number of likely N-dealkylation sites (tertiary alicyclic amines) is 2. The fourth-order valence-corrected chi connectivity index (χ4v) is 5.11. The second-order valence-electron chi connectivity index (χ2n) is 7.85. The number of carbonyl (C=O) groups is 2. The normalized spacial score (nSPS) is 35.6. The van der Waals surface area contributed by atoms with Crippen molar-refractivity contribution in [1.82, 2.24) is 9.80 Å². The van der Waals surface area contributed by atoms with E-state index in [0.717, 1.165) is 63.7 Å². The Morgan fingerprint density at radius 1 is 0.955 bits per heavy atom. The first-order chi connectivity index (χ1) is 10.7. The first-order valence-electron chi connectivity index (χ1n) is 9.30. The van der Waals surface area contributed by atoms with Crippen molar-refractivity contribution in [3.8, 4) is 0 Å². The van der Waals surface area contributed by atoms with Crippen molar-refractivity contribution in [3.05, 3.63) is 0 Å². The molecule has 2 aliphatic carbocycles. The van der Waals surface area contributed by atoms with Crippen molar-refractivity contribution in [2.24, 2.45) is 23.7 Å². The van der Waals surface area contributed by atoms with Gasteiger partial charge in [0.25, 0.3) is 0 Å². The molecule has 2 saturated heterocycles. The van der Waals surface area contributed by atoms with Crippen LogP contribution in [0.5, 0.6) is 0 Å². The molecule has 2 saturated carbocycles. The van der Waals surface area contributed by atoms with Crippen molar-refractivity contribution in [2.75, 3.05) is 26.2 Å². The molecule has 2 aliphatic heterocycles. The van der Waals surface area contributed by atoms with Crippen LogP contribution in [-0.2, 0) is 9.59 Å². The van der Waals surface area contributed by atoms with Crippen LogP contribution in [0.25, 0.3) is 0 Å². The van der Waals surface area contributed by atoms with E-state index in [1.165, 1.54) is 25.7 Å². The van der Waals surface area contributed by atoms with Crippen LogP contribution in [-0.4, -0.2) is 47.8 Å². The summed E-state index contributed by atoms with van der Waals surface area (Å²) in [6, 6.07) is 0. The van der Waals surface area contributed by atoms with Gasteiger partial charge in [0.15, 0.2) is 0 Å². The van der Waals surface area contributed by atoms with E-state index < -0.39 is 0 Å². The Hall–Kier alpha value is -1.06. The van der Waals surface area contributed by atoms with Crippen LogP contribution < -0.4 is 0 Å². The molecule has 2 heterocycles. The Labute approximate surface area is 133 Å². The molecule has 0 N–H and O–H groups in total. The SMILES string of the molecule is O=C1CCCN1CC1CCN(C(=O)C2C3CCCCC32)CC1. The molecule has 0 aromatic heterocycles. The van der Waals surface area contributed by atoms with Crippen molar-refractivity contribution < 1.29 is 9.59 Å². The predicted molar refractivity (Wildman–Crippen MR) is 84.1 cm³/mol. The van der Waals surface area contributed by atoms with Gasteiger partial charge in [0.1, 0.15) is 0 Å². The third-order valence-electron chi connectivity index (χ3n) is 6.52. The minimum Gasteiger partial charge on any atom is -0.342 e. The fraction of sp³-hybridized carbons (Fsp3) is 0.889. The summed E-state index contributed by atoms with van der Waals surface area (Å²) in [6.07, 6.45) is 9.16. The molecule has 22 heavy (non-hydrogen) atoms. The zero-order valence-electron chi connectivity index (χ0n) is 13.5. The van der Waals surface area contributed by atoms with Gasteiger partial charge in [0.2, 0.25) is 11.8 Å². The van der Waals surface area contributed by atoms with Gasteiger partial charge in [-0.15, -0.1) is 0 Å². The molecule has 122 valence electrons. The third-order valence-corrected chi connectivity index (χ3v) is 6.52. The first kappa shape index (κ1) is 14.5. The molecule has 2 unspecified atom stereocenters. The highest BCUT2D eigenvalue weighted by atomic mass is 16.2. The summed E-state index contributed by atoms with van der Waals surface area (Å²) in [5, 5.41) is 0. The van der Waals surface area contributed by atoms with E-state index >= 15 is 0 Å². The van der Waals surface area contributed by atoms with Gasteiger partial charge in [-0.25, -0.2) is 0 Å². The van der Waals surface area contributed by atoms with Gasteiger partial charge < -0.3 is 9.80 Å². The molecule has 0 bridgehead atoms. The number of piperidine rings is 1. The monoisotopic (exact) mass is 304 g/mol. The summed E-state index contributed by atoms with van der Waals surface area (Å²) in [5.41, 5.74) is 0. The molecule has 0 aromatic rings. The van der Waals surface area contributed by atoms with Crippen LogP contribution in [0.1, 0.15) is 51.4 Å². The largest absolute Gasteiger partial charge is 0.342 e. The number of nitrogens with zero attached hydrogens (tertiary/aromatic N) is 2. The second-order valence-corrected chi connectivity index (χ2v) is 7.85. The molecule has 2 atom stereocenters. The standard InChI is InChI=1S/C18H28N2O2/c21-16-6-3-9-20(16)12-13-7-10-19(11-8-13)18(22)17-14-4-1-2-5-15(14)17/h13-15,17H,1-12H2. The van der Waals surface area contributed by atoms with Crippen molar-refractivity contribution in [1.29, 1.82) is 0 Å². The molecular weight excluding hydrogens is 276 g/mol. The zero-order valence-corrected chi connectivity index (χ0v) is 13.5. The highest BCUT2D eigenvalue weighted by Gasteiger charge is 2.55. The van der Waals surface area contributed by atoms with Crippen LogP contribution >= 0.6 is 0 Å². The molecule has 0 radical (unpaired) electrons. The molecule has 0 aromatic carbocycles. The summed E-state index contributed by atoms with van der Waals surface area (Å²) < 4.78 is 0. The number of amides is 2. The van der Waals surface area contributed by atoms with Gasteiger partial charge in [-0.1, -0.05) is 12.8 Å². The number of carbonyl (C=O) groups excluding carboxylic acids is 2. The predicted octanol–water partition coefficient (Wildman–Crippen LogP) is 2.28. The quantitative estimate of drug-likeness (QED) is 0.802. The van der Waals surface area contributed by atoms with Gasteiger partial charge in [-0.3, -0.25) is 9.59 Å². The van der Waals surface area contributed by atoms with E-state index in [-0.39, 0.29) is 0 Å². The number of hydrogen-bond acceptors (Lipinski definition) is 2. The maximum atomic E-state index is 12.7. The fourth-order valence-electron chi connectivity index (χ4n) is 5.11. The van der Waals surface area contributed by atoms with E-state index in [2.05, 4.69) is 4.90 Å². The lowest BCUT2D eigenvalue weighted by molar-refractivity contribution is -0.135. The van der Waals surface area contributed by atoms with Crippen molar-refractivity contribution in [3.63, 3.8) is 0 Å². The van der Waals surface area contributed by atoms with Gasteiger partial charge in [0, 0.05) is 38.5 Å². The van der Waals surface area contributed by atoms with Gasteiger partial charge in [0.05, 0.1) is 0 Å². The van der Waals surface area contributed by atoms with E-state index in [0.29, 0.717) is 23.7 Å². The summed E-state index contributed by atoms with van der Waals surface area (Å²) >= 11 is 0. The summed E-state index contributed by atoms with van der Waals surface area (Å²) in [4.78, 5) is 28.6. The van der Waals surface area contributed by atoms with Gasteiger partial charge in [-0.05, 0) is 49.9 Å². The maximum Gasteiger partial charge on any atom is 0.226 e. The Balaban J connectivity index is 1.25. The summed E-state index contributed by atoms with van der Waals surface area (Å²) in [7, 11) is 0. The molecule has 4 rings (SSSR count). The van der Waals surface area contributed by atoms with Crippen LogP contribution in [0.2, 0.25) is 0 Å². The first-order valence-corrected chi connectivity index (χ1v) is 9.30. The average Bonchev–Trinajstić information content (AvgIpc) is 3.15. The van der Waals surface area contributed by atoms with Crippen LogP contribution in [0.4, 0.5) is 0 Å². The van der Waals surface area contributed by atoms with E-state index in [1.54, 1.807) is 0 Å². The maximum absolute atomic E-state index is 12.7. The second kappa shape index (κ2) is 5.86. The number of rotatable bonds is 3. The zero-order chi connectivity index (χ0) is 15.1. The van der Waals surface area contributed by atoms with E-state index in [9.17, 15) is 9.59 Å². The minimum atomic E-state index is 0.334. The summed E-state index contributed by atoms with van der Waals surface area (Å²) in [6.45, 7) is 3.71. The van der Waals surface area contributed by atoms with Gasteiger partial charge in [-0.2, -0.15) is 0 Å². The van der Waals surface area contributed by atoms with Crippen molar-refractivity contribution in [2.45, 2.75) is 51.4 Å². The highest BCUT2D eigenvalue weighted by Crippen LogP contribution is 2.56. The van der Waals surface area contributed by atoms with Crippen molar-refractivity contribution >= 4 is 11.8 Å². The van der Waals surface area contributed by atoms with E-state index in [4.69, 9.17) is 0 Å². The Kier molecular flexibility index (Phi) is 3.87. The molecule has 0 spiro atoms. The lowest BCUT2D eigenvalue weighted by atomic mass is 9.96. The third kappa shape index (κ3) is 2.65. The lowest BCUT2D eigenvalue weighted by Crippen LogP contribution is -2.42. The molecule has 4 fully saturated rings. The van der Waals surface area contributed by atoms with Crippen LogP contribution in [0, 0.1) is 23.7 Å². The Morgan fingerprint density at radius 2 is 1.64 bits per heavy atom. The van der Waals surface area contributed by atoms with Crippen LogP contribution in [0.3, 0.4) is 0 Å². The smallest absolute Gasteiger partial charge is 0.226 e. The summed E-state index contributed by atoms with van der Waals surface area (Å²) in [5.74, 6) is 3.21. The molecule has 4 heteroatoms. The molecular formula is C18H28N2O2. The topological polar surface area (TPSA) is 40.6 Å². The minimum absolute atomic E-state index is 0.334. The Morgan fingerprint density at radius 3 is 2.23 bits per heavy atom.